The molecule has 1 aliphatic heterocycles. The topological polar surface area (TPSA) is 99.4 Å². The average molecular weight is 477 g/mol. The zero-order chi connectivity index (χ0) is 24.5. The van der Waals surface area contributed by atoms with Gasteiger partial charge in [0.2, 0.25) is 0 Å². The highest BCUT2D eigenvalue weighted by Crippen LogP contribution is 2.22. The first kappa shape index (κ1) is 30.8. The summed E-state index contributed by atoms with van der Waals surface area (Å²) in [6.45, 7) is 4.49. The van der Waals surface area contributed by atoms with Gasteiger partial charge in [-0.25, -0.2) is 0 Å². The monoisotopic (exact) mass is 476 g/mol. The van der Waals surface area contributed by atoms with Gasteiger partial charge in [-0.15, -0.1) is 0 Å². The van der Waals surface area contributed by atoms with E-state index in [0.717, 1.165) is 23.9 Å². The summed E-state index contributed by atoms with van der Waals surface area (Å²) in [6, 6.07) is 0. The molecule has 0 radical (unpaired) electrons. The fraction of sp³-hybridized carbons (Fsp3) is 1.00. The Morgan fingerprint density at radius 1 is 0.667 bits per heavy atom. The third-order valence-corrected chi connectivity index (χ3v) is 6.91. The van der Waals surface area contributed by atoms with E-state index in [0.29, 0.717) is 6.61 Å². The number of aliphatic hydroxyl groups excluding tert-OH is 4. The summed E-state index contributed by atoms with van der Waals surface area (Å²) in [4.78, 5) is 0. The van der Waals surface area contributed by atoms with Gasteiger partial charge in [0.15, 0.2) is 6.29 Å². The van der Waals surface area contributed by atoms with Crippen LogP contribution in [0.25, 0.3) is 0 Å². The number of hydrogen-bond acceptors (Lipinski definition) is 6. The van der Waals surface area contributed by atoms with Gasteiger partial charge in [-0.1, -0.05) is 71.1 Å². The van der Waals surface area contributed by atoms with Crippen molar-refractivity contribution in [2.45, 2.75) is 128 Å². The summed E-state index contributed by atoms with van der Waals surface area (Å²) >= 11 is 0. The van der Waals surface area contributed by atoms with Crippen LogP contribution in [0.2, 0.25) is 0 Å². The molecule has 0 aromatic rings. The number of hydrogen-bond donors (Lipinski definition) is 4. The van der Waals surface area contributed by atoms with Crippen molar-refractivity contribution in [3.63, 3.8) is 0 Å². The lowest BCUT2D eigenvalue weighted by molar-refractivity contribution is -0.890. The van der Waals surface area contributed by atoms with Crippen molar-refractivity contribution >= 4 is 0 Å². The van der Waals surface area contributed by atoms with Crippen LogP contribution < -0.4 is 0 Å². The average Bonchev–Trinajstić information content (AvgIpc) is 2.79. The standard InChI is InChI=1S/C26H54NO6/c1-4-5-6-7-8-9-10-11-12-13-14-15-18-27(2,3)19-16-17-20-32-26-25(31)24(30)23(29)22(21-28)33-26/h22-26,28-31H,4-21H2,1-3H3/q+1/t22-,23-,24+,25-,26-/m1/s1. The van der Waals surface area contributed by atoms with Crippen LogP contribution in [-0.4, -0.2) is 96.0 Å². The predicted octanol–water partition coefficient (Wildman–Crippen LogP) is 3.36. The normalized spacial score (nSPS) is 26.1. The maximum atomic E-state index is 10.0. The van der Waals surface area contributed by atoms with Crippen LogP contribution in [0.15, 0.2) is 0 Å². The highest BCUT2D eigenvalue weighted by Gasteiger charge is 2.43. The second-order valence-electron chi connectivity index (χ2n) is 10.5. The fourth-order valence-electron chi connectivity index (χ4n) is 4.54. The van der Waals surface area contributed by atoms with Gasteiger partial charge < -0.3 is 34.4 Å². The van der Waals surface area contributed by atoms with E-state index in [1.54, 1.807) is 0 Å². The molecular weight excluding hydrogens is 422 g/mol. The molecule has 1 rings (SSSR count). The number of ether oxygens (including phenoxy) is 2. The van der Waals surface area contributed by atoms with Crippen molar-refractivity contribution in [2.24, 2.45) is 0 Å². The Bertz CT molecular complexity index is 462. The molecule has 5 atom stereocenters. The quantitative estimate of drug-likeness (QED) is 0.159. The first-order chi connectivity index (χ1) is 15.8. The van der Waals surface area contributed by atoms with E-state index in [1.165, 1.54) is 83.6 Å². The van der Waals surface area contributed by atoms with Crippen molar-refractivity contribution in [1.29, 1.82) is 0 Å². The first-order valence-corrected chi connectivity index (χ1v) is 13.6. The van der Waals surface area contributed by atoms with Gasteiger partial charge in [0.05, 0.1) is 40.4 Å². The highest BCUT2D eigenvalue weighted by molar-refractivity contribution is 4.88. The van der Waals surface area contributed by atoms with Gasteiger partial charge in [0.25, 0.3) is 0 Å². The molecule has 0 aromatic carbocycles. The van der Waals surface area contributed by atoms with Gasteiger partial charge in [0, 0.05) is 0 Å². The van der Waals surface area contributed by atoms with Crippen LogP contribution in [0.4, 0.5) is 0 Å². The number of unbranched alkanes of at least 4 members (excludes halogenated alkanes) is 12. The third-order valence-electron chi connectivity index (χ3n) is 6.91. The zero-order valence-electron chi connectivity index (χ0n) is 21.7. The van der Waals surface area contributed by atoms with E-state index in [4.69, 9.17) is 9.47 Å². The Balaban J connectivity index is 2.00. The molecule has 0 amide bonds. The SMILES string of the molecule is CCCCCCCCCCCCCC[N+](C)(C)CCCCO[C@@H]1O[C@H](CO)[C@@H](O)[C@H](O)[C@H]1O. The molecule has 0 spiro atoms. The number of quaternary nitrogens is 1. The second-order valence-corrected chi connectivity index (χ2v) is 10.5. The van der Waals surface area contributed by atoms with Crippen LogP contribution in [0.1, 0.15) is 96.8 Å². The summed E-state index contributed by atoms with van der Waals surface area (Å²) in [7, 11) is 4.55. The van der Waals surface area contributed by atoms with Crippen LogP contribution >= 0.6 is 0 Å². The third kappa shape index (κ3) is 13.4. The second kappa shape index (κ2) is 18.1. The van der Waals surface area contributed by atoms with Crippen LogP contribution in [0.3, 0.4) is 0 Å². The van der Waals surface area contributed by atoms with Crippen molar-refractivity contribution in [3.05, 3.63) is 0 Å². The summed E-state index contributed by atoms with van der Waals surface area (Å²) in [5.41, 5.74) is 0. The molecule has 0 bridgehead atoms. The Labute approximate surface area is 202 Å². The van der Waals surface area contributed by atoms with Gasteiger partial charge in [0.1, 0.15) is 24.4 Å². The molecule has 198 valence electrons. The van der Waals surface area contributed by atoms with Crippen molar-refractivity contribution in [1.82, 2.24) is 0 Å². The molecule has 1 aliphatic rings. The van der Waals surface area contributed by atoms with Crippen LogP contribution in [0, 0.1) is 0 Å². The molecule has 1 heterocycles. The highest BCUT2D eigenvalue weighted by atomic mass is 16.7. The largest absolute Gasteiger partial charge is 0.394 e. The van der Waals surface area contributed by atoms with E-state index in [1.807, 2.05) is 0 Å². The maximum absolute atomic E-state index is 10.0. The molecule has 0 aliphatic carbocycles. The van der Waals surface area contributed by atoms with Crippen molar-refractivity contribution < 1.29 is 34.4 Å². The molecule has 7 heteroatoms. The van der Waals surface area contributed by atoms with E-state index < -0.39 is 37.3 Å². The summed E-state index contributed by atoms with van der Waals surface area (Å²) in [5, 5.41) is 38.9. The van der Waals surface area contributed by atoms with E-state index in [2.05, 4.69) is 21.0 Å². The minimum absolute atomic E-state index is 0.404. The zero-order valence-corrected chi connectivity index (χ0v) is 21.7. The summed E-state index contributed by atoms with van der Waals surface area (Å²) < 4.78 is 11.9. The lowest BCUT2D eigenvalue weighted by Gasteiger charge is -2.39. The predicted molar refractivity (Wildman–Crippen MR) is 132 cm³/mol. The lowest BCUT2D eigenvalue weighted by atomic mass is 9.99. The minimum Gasteiger partial charge on any atom is -0.394 e. The number of nitrogens with zero attached hydrogens (tertiary/aromatic N) is 1. The Hall–Kier alpha value is -0.280. The minimum atomic E-state index is -1.38. The van der Waals surface area contributed by atoms with Crippen LogP contribution in [0.5, 0.6) is 0 Å². The van der Waals surface area contributed by atoms with E-state index in [-0.39, 0.29) is 0 Å². The van der Waals surface area contributed by atoms with Gasteiger partial charge in [-0.05, 0) is 25.7 Å². The molecule has 1 fully saturated rings. The van der Waals surface area contributed by atoms with E-state index in [9.17, 15) is 20.4 Å². The molecule has 0 aromatic heterocycles. The Kier molecular flexibility index (Phi) is 16.8. The van der Waals surface area contributed by atoms with Crippen molar-refractivity contribution in [3.8, 4) is 0 Å². The molecule has 1 saturated heterocycles. The first-order valence-electron chi connectivity index (χ1n) is 13.6. The maximum Gasteiger partial charge on any atom is 0.186 e. The Morgan fingerprint density at radius 3 is 1.67 bits per heavy atom. The molecule has 0 unspecified atom stereocenters. The van der Waals surface area contributed by atoms with E-state index >= 15 is 0 Å². The van der Waals surface area contributed by atoms with Gasteiger partial charge >= 0.3 is 0 Å². The number of aliphatic hydroxyl groups is 4. The lowest BCUT2D eigenvalue weighted by Crippen LogP contribution is -2.59. The van der Waals surface area contributed by atoms with Crippen molar-refractivity contribution in [2.75, 3.05) is 40.4 Å². The van der Waals surface area contributed by atoms with Gasteiger partial charge in [-0.3, -0.25) is 0 Å². The number of rotatable bonds is 20. The smallest absolute Gasteiger partial charge is 0.186 e. The summed E-state index contributed by atoms with van der Waals surface area (Å²) in [6.07, 6.45) is 12.3. The summed E-state index contributed by atoms with van der Waals surface area (Å²) in [5.74, 6) is 0. The molecule has 7 nitrogen and oxygen atoms in total. The van der Waals surface area contributed by atoms with Crippen LogP contribution in [-0.2, 0) is 9.47 Å². The van der Waals surface area contributed by atoms with Gasteiger partial charge in [-0.2, -0.15) is 0 Å². The fourth-order valence-corrected chi connectivity index (χ4v) is 4.54. The molecule has 4 N–H and O–H groups in total. The molecule has 0 saturated carbocycles. The molecule has 33 heavy (non-hydrogen) atoms. The molecular formula is C26H54NO6+. The Morgan fingerprint density at radius 2 is 1.15 bits per heavy atom.